The first kappa shape index (κ1) is 15.9. The quantitative estimate of drug-likeness (QED) is 0.923. The molecular formula is C17H21N3O2. The maximum atomic E-state index is 12.1. The summed E-state index contributed by atoms with van der Waals surface area (Å²) in [6, 6.07) is 9.13. The highest BCUT2D eigenvalue weighted by Crippen LogP contribution is 2.15. The number of carbonyl (C=O) groups is 1. The smallest absolute Gasteiger partial charge is 0.254 e. The summed E-state index contributed by atoms with van der Waals surface area (Å²) in [5.74, 6) is -0.0466. The van der Waals surface area contributed by atoms with Crippen LogP contribution in [0.1, 0.15) is 37.9 Å². The lowest BCUT2D eigenvalue weighted by Gasteiger charge is -2.11. The maximum absolute atomic E-state index is 12.1. The van der Waals surface area contributed by atoms with Crippen molar-refractivity contribution in [3.8, 4) is 0 Å². The summed E-state index contributed by atoms with van der Waals surface area (Å²) in [7, 11) is 0. The number of amides is 1. The number of nitrogens with one attached hydrogen (secondary N) is 1. The highest BCUT2D eigenvalue weighted by molar-refractivity contribution is 5.91. The van der Waals surface area contributed by atoms with Crippen LogP contribution in [0.15, 0.2) is 41.5 Å². The zero-order valence-electron chi connectivity index (χ0n) is 13.2. The van der Waals surface area contributed by atoms with Gasteiger partial charge in [0.2, 0.25) is 5.91 Å². The fourth-order valence-corrected chi connectivity index (χ4v) is 2.17. The average molecular weight is 299 g/mol. The van der Waals surface area contributed by atoms with Gasteiger partial charge in [0.05, 0.1) is 12.0 Å². The molecule has 0 aliphatic carbocycles. The van der Waals surface area contributed by atoms with Crippen LogP contribution >= 0.6 is 0 Å². The van der Waals surface area contributed by atoms with Crippen LogP contribution in [0.5, 0.6) is 0 Å². The van der Waals surface area contributed by atoms with Gasteiger partial charge in [-0.05, 0) is 24.0 Å². The molecule has 5 nitrogen and oxygen atoms in total. The Balaban J connectivity index is 2.11. The lowest BCUT2D eigenvalue weighted by molar-refractivity contribution is -0.116. The molecule has 0 saturated heterocycles. The van der Waals surface area contributed by atoms with E-state index in [9.17, 15) is 9.59 Å². The molecule has 1 heterocycles. The predicted molar refractivity (Wildman–Crippen MR) is 87.0 cm³/mol. The molecule has 1 N–H and O–H groups in total. The van der Waals surface area contributed by atoms with E-state index >= 15 is 0 Å². The van der Waals surface area contributed by atoms with Gasteiger partial charge in [-0.15, -0.1) is 0 Å². The standard InChI is InChI=1S/C17H21N3O2/c1-4-13-7-5-6-8-14(13)19-16(21)10-20-11-18-15(12(2)3)9-17(20)22/h5-9,11-12H,4,10H2,1-3H3,(H,19,21). The van der Waals surface area contributed by atoms with Gasteiger partial charge in [-0.25, -0.2) is 4.98 Å². The van der Waals surface area contributed by atoms with Crippen molar-refractivity contribution in [3.05, 3.63) is 58.3 Å². The summed E-state index contributed by atoms with van der Waals surface area (Å²) >= 11 is 0. The monoisotopic (exact) mass is 299 g/mol. The minimum atomic E-state index is -0.234. The van der Waals surface area contributed by atoms with Crippen LogP contribution in [-0.4, -0.2) is 15.5 Å². The SMILES string of the molecule is CCc1ccccc1NC(=O)Cn1cnc(C(C)C)cc1=O. The molecule has 0 radical (unpaired) electrons. The fourth-order valence-electron chi connectivity index (χ4n) is 2.17. The van der Waals surface area contributed by atoms with E-state index in [0.29, 0.717) is 0 Å². The second-order valence-corrected chi connectivity index (χ2v) is 5.49. The minimum Gasteiger partial charge on any atom is -0.324 e. The Bertz CT molecular complexity index is 720. The van der Waals surface area contributed by atoms with E-state index < -0.39 is 0 Å². The van der Waals surface area contributed by atoms with E-state index in [1.807, 2.05) is 45.0 Å². The molecule has 0 spiro atoms. The van der Waals surface area contributed by atoms with Gasteiger partial charge in [0.15, 0.2) is 0 Å². The van der Waals surface area contributed by atoms with E-state index in [4.69, 9.17) is 0 Å². The number of benzene rings is 1. The predicted octanol–water partition coefficient (Wildman–Crippen LogP) is 2.57. The molecule has 0 fully saturated rings. The van der Waals surface area contributed by atoms with E-state index in [0.717, 1.165) is 23.4 Å². The third-order valence-electron chi connectivity index (χ3n) is 3.48. The Morgan fingerprint density at radius 3 is 2.68 bits per heavy atom. The molecular weight excluding hydrogens is 278 g/mol. The van der Waals surface area contributed by atoms with Crippen molar-refractivity contribution in [2.24, 2.45) is 0 Å². The normalized spacial score (nSPS) is 10.7. The van der Waals surface area contributed by atoms with Gasteiger partial charge in [-0.1, -0.05) is 39.0 Å². The number of carbonyl (C=O) groups excluding carboxylic acids is 1. The second-order valence-electron chi connectivity index (χ2n) is 5.49. The van der Waals surface area contributed by atoms with Crippen LogP contribution in [0, 0.1) is 0 Å². The van der Waals surface area contributed by atoms with Crippen LogP contribution in [0.25, 0.3) is 0 Å². The number of aryl methyl sites for hydroxylation is 1. The summed E-state index contributed by atoms with van der Waals surface area (Å²) in [4.78, 5) is 28.3. The van der Waals surface area contributed by atoms with Gasteiger partial charge in [0, 0.05) is 11.8 Å². The minimum absolute atomic E-state index is 0.0394. The first-order valence-corrected chi connectivity index (χ1v) is 7.45. The number of hydrogen-bond donors (Lipinski definition) is 1. The summed E-state index contributed by atoms with van der Waals surface area (Å²) < 4.78 is 1.32. The molecule has 0 aliphatic heterocycles. The molecule has 116 valence electrons. The number of anilines is 1. The first-order valence-electron chi connectivity index (χ1n) is 7.45. The van der Waals surface area contributed by atoms with Crippen LogP contribution in [0.4, 0.5) is 5.69 Å². The zero-order valence-corrected chi connectivity index (χ0v) is 13.2. The molecule has 0 atom stereocenters. The Morgan fingerprint density at radius 1 is 1.32 bits per heavy atom. The highest BCUT2D eigenvalue weighted by Gasteiger charge is 2.09. The number of nitrogens with zero attached hydrogens (tertiary/aromatic N) is 2. The molecule has 1 aromatic heterocycles. The largest absolute Gasteiger partial charge is 0.324 e. The Kier molecular flexibility index (Phi) is 5.09. The molecule has 1 aromatic carbocycles. The molecule has 0 aliphatic rings. The second kappa shape index (κ2) is 7.02. The first-order chi connectivity index (χ1) is 10.5. The third-order valence-corrected chi connectivity index (χ3v) is 3.48. The van der Waals surface area contributed by atoms with Gasteiger partial charge in [-0.3, -0.25) is 14.2 Å². The van der Waals surface area contributed by atoms with E-state index in [1.54, 1.807) is 0 Å². The lowest BCUT2D eigenvalue weighted by Crippen LogP contribution is -2.28. The van der Waals surface area contributed by atoms with Crippen molar-refractivity contribution in [1.82, 2.24) is 9.55 Å². The molecule has 1 amide bonds. The van der Waals surface area contributed by atoms with Crippen LogP contribution in [-0.2, 0) is 17.8 Å². The average Bonchev–Trinajstić information content (AvgIpc) is 2.49. The van der Waals surface area contributed by atoms with E-state index in [1.165, 1.54) is 17.0 Å². The summed E-state index contributed by atoms with van der Waals surface area (Å²) in [6.45, 7) is 5.94. The van der Waals surface area contributed by atoms with Crippen molar-refractivity contribution >= 4 is 11.6 Å². The topological polar surface area (TPSA) is 64.0 Å². The van der Waals surface area contributed by atoms with Crippen molar-refractivity contribution in [3.63, 3.8) is 0 Å². The number of rotatable bonds is 5. The fraction of sp³-hybridized carbons (Fsp3) is 0.353. The molecule has 2 rings (SSSR count). The van der Waals surface area contributed by atoms with Crippen molar-refractivity contribution in [2.45, 2.75) is 39.7 Å². The summed E-state index contributed by atoms with van der Waals surface area (Å²) in [5.41, 5.74) is 2.38. The zero-order chi connectivity index (χ0) is 16.1. The number of aromatic nitrogens is 2. The third kappa shape index (κ3) is 3.81. The maximum Gasteiger partial charge on any atom is 0.254 e. The lowest BCUT2D eigenvalue weighted by atomic mass is 10.1. The van der Waals surface area contributed by atoms with Crippen molar-refractivity contribution < 1.29 is 4.79 Å². The molecule has 5 heteroatoms. The van der Waals surface area contributed by atoms with Crippen molar-refractivity contribution in [2.75, 3.05) is 5.32 Å². The Labute approximate surface area is 130 Å². The number of para-hydroxylation sites is 1. The van der Waals surface area contributed by atoms with Gasteiger partial charge in [0.1, 0.15) is 6.54 Å². The molecule has 2 aromatic rings. The highest BCUT2D eigenvalue weighted by atomic mass is 16.2. The summed E-state index contributed by atoms with van der Waals surface area (Å²) in [6.07, 6.45) is 2.27. The van der Waals surface area contributed by atoms with Crippen LogP contribution in [0.3, 0.4) is 0 Å². The molecule has 0 unspecified atom stereocenters. The van der Waals surface area contributed by atoms with Gasteiger partial charge < -0.3 is 5.32 Å². The van der Waals surface area contributed by atoms with E-state index in [-0.39, 0.29) is 23.9 Å². The van der Waals surface area contributed by atoms with Gasteiger partial charge in [-0.2, -0.15) is 0 Å². The van der Waals surface area contributed by atoms with Gasteiger partial charge >= 0.3 is 0 Å². The summed E-state index contributed by atoms with van der Waals surface area (Å²) in [5, 5.41) is 2.85. The van der Waals surface area contributed by atoms with Gasteiger partial charge in [0.25, 0.3) is 5.56 Å². The number of hydrogen-bond acceptors (Lipinski definition) is 3. The Hall–Kier alpha value is -2.43. The van der Waals surface area contributed by atoms with Crippen LogP contribution < -0.4 is 10.9 Å². The molecule has 0 bridgehead atoms. The molecule has 22 heavy (non-hydrogen) atoms. The van der Waals surface area contributed by atoms with Crippen LogP contribution in [0.2, 0.25) is 0 Å². The molecule has 0 saturated carbocycles. The van der Waals surface area contributed by atoms with E-state index in [2.05, 4.69) is 10.3 Å². The van der Waals surface area contributed by atoms with Crippen molar-refractivity contribution in [1.29, 1.82) is 0 Å². The Morgan fingerprint density at radius 2 is 2.05 bits per heavy atom.